The first-order valence-corrected chi connectivity index (χ1v) is 4.59. The molecule has 0 aliphatic carbocycles. The van der Waals surface area contributed by atoms with Crippen molar-refractivity contribution in [3.8, 4) is 0 Å². The van der Waals surface area contributed by atoms with Crippen molar-refractivity contribution in [3.63, 3.8) is 0 Å². The molecule has 1 fully saturated rings. The molecule has 0 radical (unpaired) electrons. The summed E-state index contributed by atoms with van der Waals surface area (Å²) < 4.78 is 0. The van der Waals surface area contributed by atoms with Crippen LogP contribution in [-0.4, -0.2) is 36.1 Å². The van der Waals surface area contributed by atoms with Gasteiger partial charge in [-0.1, -0.05) is 0 Å². The summed E-state index contributed by atoms with van der Waals surface area (Å²) in [5.41, 5.74) is 0. The van der Waals surface area contributed by atoms with Gasteiger partial charge in [-0.15, -0.1) is 0 Å². The van der Waals surface area contributed by atoms with Crippen molar-refractivity contribution in [1.82, 2.24) is 4.90 Å². The predicted molar refractivity (Wildman–Crippen MR) is 47.1 cm³/mol. The zero-order valence-corrected chi connectivity index (χ0v) is 7.62. The van der Waals surface area contributed by atoms with Crippen molar-refractivity contribution < 1.29 is 9.90 Å². The van der Waals surface area contributed by atoms with Gasteiger partial charge in [0.05, 0.1) is 0 Å². The molecule has 0 aromatic rings. The second-order valence-corrected chi connectivity index (χ2v) is 3.70. The molecule has 1 heterocycles. The number of hydrogen-bond donors (Lipinski definition) is 1. The molecule has 0 aromatic carbocycles. The summed E-state index contributed by atoms with van der Waals surface area (Å²) >= 11 is 0. The SMILES string of the molecule is CN1CCC[C@H](CCC(=O)O)C1. The molecule has 1 atom stereocenters. The van der Waals surface area contributed by atoms with Crippen LogP contribution in [0.2, 0.25) is 0 Å². The van der Waals surface area contributed by atoms with E-state index in [1.165, 1.54) is 19.4 Å². The Morgan fingerprint density at radius 2 is 2.42 bits per heavy atom. The largest absolute Gasteiger partial charge is 0.481 e. The summed E-state index contributed by atoms with van der Waals surface area (Å²) in [7, 11) is 2.10. The molecule has 3 nitrogen and oxygen atoms in total. The van der Waals surface area contributed by atoms with Gasteiger partial charge in [-0.3, -0.25) is 4.79 Å². The normalized spacial score (nSPS) is 25.6. The Labute approximate surface area is 73.4 Å². The number of aliphatic carboxylic acids is 1. The standard InChI is InChI=1S/C9H17NO2/c1-10-6-2-3-8(7-10)4-5-9(11)12/h8H,2-7H2,1H3,(H,11,12)/t8-/m1/s1. The van der Waals surface area contributed by atoms with Gasteiger partial charge < -0.3 is 10.0 Å². The lowest BCUT2D eigenvalue weighted by molar-refractivity contribution is -0.137. The number of likely N-dealkylation sites (tertiary alicyclic amines) is 1. The monoisotopic (exact) mass is 171 g/mol. The minimum absolute atomic E-state index is 0.332. The molecule has 0 amide bonds. The molecule has 12 heavy (non-hydrogen) atoms. The Morgan fingerprint density at radius 3 is 3.00 bits per heavy atom. The van der Waals surface area contributed by atoms with Crippen molar-refractivity contribution >= 4 is 5.97 Å². The molecule has 0 unspecified atom stereocenters. The first kappa shape index (κ1) is 9.52. The van der Waals surface area contributed by atoms with Crippen LogP contribution in [0.1, 0.15) is 25.7 Å². The minimum atomic E-state index is -0.664. The van der Waals surface area contributed by atoms with E-state index < -0.39 is 5.97 Å². The first-order valence-electron chi connectivity index (χ1n) is 4.59. The molecule has 0 saturated carbocycles. The molecular formula is C9H17NO2. The lowest BCUT2D eigenvalue weighted by Gasteiger charge is -2.29. The molecule has 0 bridgehead atoms. The van der Waals surface area contributed by atoms with Gasteiger partial charge in [-0.2, -0.15) is 0 Å². The molecule has 1 rings (SSSR count). The molecule has 1 saturated heterocycles. The van der Waals surface area contributed by atoms with Gasteiger partial charge in [-0.05, 0) is 38.8 Å². The van der Waals surface area contributed by atoms with Gasteiger partial charge in [0, 0.05) is 13.0 Å². The molecule has 70 valence electrons. The lowest BCUT2D eigenvalue weighted by Crippen LogP contribution is -2.32. The average Bonchev–Trinajstić information content (AvgIpc) is 2.01. The number of nitrogens with zero attached hydrogens (tertiary/aromatic N) is 1. The Hall–Kier alpha value is -0.570. The van der Waals surface area contributed by atoms with Crippen molar-refractivity contribution in [2.24, 2.45) is 5.92 Å². The van der Waals surface area contributed by atoms with Crippen LogP contribution in [-0.2, 0) is 4.79 Å². The number of carbonyl (C=O) groups is 1. The van der Waals surface area contributed by atoms with Crippen LogP contribution in [0.5, 0.6) is 0 Å². The van der Waals surface area contributed by atoms with Crippen LogP contribution in [0.15, 0.2) is 0 Å². The van der Waals surface area contributed by atoms with Crippen molar-refractivity contribution in [2.75, 3.05) is 20.1 Å². The van der Waals surface area contributed by atoms with Gasteiger partial charge in [0.2, 0.25) is 0 Å². The van der Waals surface area contributed by atoms with E-state index in [4.69, 9.17) is 5.11 Å². The third-order valence-corrected chi connectivity index (χ3v) is 2.49. The zero-order valence-electron chi connectivity index (χ0n) is 7.62. The van der Waals surface area contributed by atoms with E-state index in [2.05, 4.69) is 11.9 Å². The van der Waals surface area contributed by atoms with Gasteiger partial charge in [0.25, 0.3) is 0 Å². The Balaban J connectivity index is 2.18. The molecule has 0 spiro atoms. The van der Waals surface area contributed by atoms with Gasteiger partial charge in [0.1, 0.15) is 0 Å². The minimum Gasteiger partial charge on any atom is -0.481 e. The van der Waals surface area contributed by atoms with Gasteiger partial charge in [0.15, 0.2) is 0 Å². The average molecular weight is 171 g/mol. The van der Waals surface area contributed by atoms with Crippen LogP contribution >= 0.6 is 0 Å². The fourth-order valence-electron chi connectivity index (χ4n) is 1.84. The third-order valence-electron chi connectivity index (χ3n) is 2.49. The number of piperidine rings is 1. The van der Waals surface area contributed by atoms with Crippen LogP contribution in [0.3, 0.4) is 0 Å². The fraction of sp³-hybridized carbons (Fsp3) is 0.889. The Kier molecular flexibility index (Phi) is 3.53. The fourth-order valence-corrected chi connectivity index (χ4v) is 1.84. The highest BCUT2D eigenvalue weighted by molar-refractivity contribution is 5.66. The van der Waals surface area contributed by atoms with E-state index in [0.717, 1.165) is 13.0 Å². The second kappa shape index (κ2) is 4.45. The van der Waals surface area contributed by atoms with Crippen molar-refractivity contribution in [1.29, 1.82) is 0 Å². The summed E-state index contributed by atoms with van der Waals surface area (Å²) in [6.45, 7) is 2.25. The summed E-state index contributed by atoms with van der Waals surface area (Å²) in [6, 6.07) is 0. The summed E-state index contributed by atoms with van der Waals surface area (Å²) in [4.78, 5) is 12.6. The van der Waals surface area contributed by atoms with Gasteiger partial charge in [-0.25, -0.2) is 0 Å². The van der Waals surface area contributed by atoms with E-state index >= 15 is 0 Å². The van der Waals surface area contributed by atoms with E-state index in [0.29, 0.717) is 12.3 Å². The Bertz CT molecular complexity index is 159. The number of hydrogen-bond acceptors (Lipinski definition) is 2. The maximum Gasteiger partial charge on any atom is 0.303 e. The molecule has 3 heteroatoms. The lowest BCUT2D eigenvalue weighted by atomic mass is 9.94. The number of carboxylic acid groups (broad SMARTS) is 1. The van der Waals surface area contributed by atoms with E-state index in [1.807, 2.05) is 0 Å². The zero-order chi connectivity index (χ0) is 8.97. The smallest absolute Gasteiger partial charge is 0.303 e. The van der Waals surface area contributed by atoms with Crippen molar-refractivity contribution in [2.45, 2.75) is 25.7 Å². The quantitative estimate of drug-likeness (QED) is 0.693. The highest BCUT2D eigenvalue weighted by atomic mass is 16.4. The summed E-state index contributed by atoms with van der Waals surface area (Å²) in [6.07, 6.45) is 3.61. The van der Waals surface area contributed by atoms with E-state index in [9.17, 15) is 4.79 Å². The van der Waals surface area contributed by atoms with Crippen LogP contribution < -0.4 is 0 Å². The topological polar surface area (TPSA) is 40.5 Å². The molecule has 1 aliphatic heterocycles. The maximum atomic E-state index is 10.3. The first-order chi connectivity index (χ1) is 5.68. The van der Waals surface area contributed by atoms with Crippen LogP contribution in [0.4, 0.5) is 0 Å². The highest BCUT2D eigenvalue weighted by Crippen LogP contribution is 2.19. The molecule has 0 aromatic heterocycles. The third kappa shape index (κ3) is 3.22. The molecule has 1 aliphatic rings. The second-order valence-electron chi connectivity index (χ2n) is 3.70. The summed E-state index contributed by atoms with van der Waals surface area (Å²) in [5.74, 6) is -0.0527. The number of carboxylic acids is 1. The molecule has 1 N–H and O–H groups in total. The van der Waals surface area contributed by atoms with Crippen LogP contribution in [0, 0.1) is 5.92 Å². The van der Waals surface area contributed by atoms with Gasteiger partial charge >= 0.3 is 5.97 Å². The predicted octanol–water partition coefficient (Wildman–Crippen LogP) is 1.19. The van der Waals surface area contributed by atoms with Crippen molar-refractivity contribution in [3.05, 3.63) is 0 Å². The maximum absolute atomic E-state index is 10.3. The van der Waals surface area contributed by atoms with Crippen LogP contribution in [0.25, 0.3) is 0 Å². The Morgan fingerprint density at radius 1 is 1.67 bits per heavy atom. The molecular weight excluding hydrogens is 154 g/mol. The highest BCUT2D eigenvalue weighted by Gasteiger charge is 2.17. The number of rotatable bonds is 3. The van der Waals surface area contributed by atoms with E-state index in [1.54, 1.807) is 0 Å². The van der Waals surface area contributed by atoms with E-state index in [-0.39, 0.29) is 0 Å². The summed E-state index contributed by atoms with van der Waals surface area (Å²) in [5, 5.41) is 8.50.